The molecule has 1 nitrogen and oxygen atoms in total. The van der Waals surface area contributed by atoms with Gasteiger partial charge in [0, 0.05) is 15.8 Å². The second kappa shape index (κ2) is 5.49. The Labute approximate surface area is 113 Å². The van der Waals surface area contributed by atoms with E-state index in [4.69, 9.17) is 5.73 Å². The van der Waals surface area contributed by atoms with Crippen LogP contribution in [-0.4, -0.2) is 0 Å². The van der Waals surface area contributed by atoms with E-state index in [1.165, 1.54) is 21.6 Å². The number of benzene rings is 2. The molecule has 0 aromatic heterocycles. The lowest BCUT2D eigenvalue weighted by Gasteiger charge is -2.14. The number of thioether (sulfide) groups is 1. The maximum Gasteiger partial charge on any atom is 0.0316 e. The van der Waals surface area contributed by atoms with Crippen LogP contribution in [0.15, 0.2) is 47.4 Å². The highest BCUT2D eigenvalue weighted by Gasteiger charge is 2.09. The first kappa shape index (κ1) is 13.0. The van der Waals surface area contributed by atoms with Crippen LogP contribution in [0.1, 0.15) is 28.9 Å². The van der Waals surface area contributed by atoms with Gasteiger partial charge in [0.25, 0.3) is 0 Å². The van der Waals surface area contributed by atoms with Crippen molar-refractivity contribution in [3.8, 4) is 0 Å². The van der Waals surface area contributed by atoms with Crippen molar-refractivity contribution in [2.75, 3.05) is 5.73 Å². The first-order chi connectivity index (χ1) is 8.56. The number of rotatable bonds is 3. The lowest BCUT2D eigenvalue weighted by atomic mass is 10.1. The fourth-order valence-electron chi connectivity index (χ4n) is 1.86. The van der Waals surface area contributed by atoms with Crippen LogP contribution in [0.4, 0.5) is 5.69 Å². The molecule has 0 heterocycles. The van der Waals surface area contributed by atoms with Crippen LogP contribution in [0.25, 0.3) is 0 Å². The Morgan fingerprint density at radius 3 is 2.33 bits per heavy atom. The molecule has 1 atom stereocenters. The van der Waals surface area contributed by atoms with Gasteiger partial charge in [0.1, 0.15) is 0 Å². The van der Waals surface area contributed by atoms with Crippen LogP contribution in [-0.2, 0) is 0 Å². The Hall–Kier alpha value is -1.41. The van der Waals surface area contributed by atoms with Crippen molar-refractivity contribution in [1.82, 2.24) is 0 Å². The van der Waals surface area contributed by atoms with Crippen LogP contribution < -0.4 is 5.73 Å². The topological polar surface area (TPSA) is 26.0 Å². The van der Waals surface area contributed by atoms with Crippen molar-refractivity contribution in [2.24, 2.45) is 0 Å². The molecule has 0 saturated carbocycles. The highest BCUT2D eigenvalue weighted by molar-refractivity contribution is 7.99. The van der Waals surface area contributed by atoms with Gasteiger partial charge in [-0.25, -0.2) is 0 Å². The number of hydrogen-bond donors (Lipinski definition) is 1. The summed E-state index contributed by atoms with van der Waals surface area (Å²) in [6.45, 7) is 6.53. The number of hydrogen-bond acceptors (Lipinski definition) is 2. The fourth-order valence-corrected chi connectivity index (χ4v) is 3.04. The Bertz CT molecular complexity index is 531. The second-order valence-corrected chi connectivity index (χ2v) is 6.08. The smallest absolute Gasteiger partial charge is 0.0316 e. The maximum atomic E-state index is 5.72. The third-order valence-corrected chi connectivity index (χ3v) is 4.37. The third kappa shape index (κ3) is 3.08. The molecule has 0 aliphatic carbocycles. The molecule has 0 aliphatic rings. The molecule has 2 aromatic rings. The summed E-state index contributed by atoms with van der Waals surface area (Å²) in [5.41, 5.74) is 10.5. The van der Waals surface area contributed by atoms with Crippen molar-refractivity contribution in [3.05, 3.63) is 59.2 Å². The quantitative estimate of drug-likeness (QED) is 0.635. The van der Waals surface area contributed by atoms with Gasteiger partial charge in [0.05, 0.1) is 0 Å². The Kier molecular flexibility index (Phi) is 3.97. The van der Waals surface area contributed by atoms with Crippen molar-refractivity contribution in [3.63, 3.8) is 0 Å². The number of nitrogen functional groups attached to an aromatic ring is 1. The van der Waals surface area contributed by atoms with E-state index in [1.54, 1.807) is 0 Å². The van der Waals surface area contributed by atoms with Gasteiger partial charge in [-0.05, 0) is 50.1 Å². The molecule has 94 valence electrons. The molecule has 2 N–H and O–H groups in total. The van der Waals surface area contributed by atoms with Crippen LogP contribution in [0, 0.1) is 13.8 Å². The minimum absolute atomic E-state index is 0.436. The first-order valence-electron chi connectivity index (χ1n) is 6.15. The predicted octanol–water partition coefficient (Wildman–Crippen LogP) is 4.74. The first-order valence-corrected chi connectivity index (χ1v) is 7.03. The zero-order valence-corrected chi connectivity index (χ0v) is 11.9. The summed E-state index contributed by atoms with van der Waals surface area (Å²) in [5.74, 6) is 0. The normalized spacial score (nSPS) is 12.4. The molecule has 2 rings (SSSR count). The molecule has 1 unspecified atom stereocenters. The molecule has 2 heteroatoms. The zero-order chi connectivity index (χ0) is 13.1. The van der Waals surface area contributed by atoms with Crippen LogP contribution in [0.5, 0.6) is 0 Å². The Morgan fingerprint density at radius 2 is 1.67 bits per heavy atom. The molecule has 0 aliphatic heterocycles. The van der Waals surface area contributed by atoms with Crippen molar-refractivity contribution >= 4 is 17.4 Å². The molecule has 0 spiro atoms. The van der Waals surface area contributed by atoms with Crippen LogP contribution in [0.2, 0.25) is 0 Å². The monoisotopic (exact) mass is 257 g/mol. The second-order valence-electron chi connectivity index (χ2n) is 4.70. The van der Waals surface area contributed by atoms with E-state index in [9.17, 15) is 0 Å². The van der Waals surface area contributed by atoms with Crippen molar-refractivity contribution in [2.45, 2.75) is 30.9 Å². The van der Waals surface area contributed by atoms with Crippen LogP contribution >= 0.6 is 11.8 Å². The predicted molar refractivity (Wildman–Crippen MR) is 81.0 cm³/mol. The largest absolute Gasteiger partial charge is 0.399 e. The van der Waals surface area contributed by atoms with E-state index in [0.29, 0.717) is 5.25 Å². The summed E-state index contributed by atoms with van der Waals surface area (Å²) in [6.07, 6.45) is 0. The molecule has 0 fully saturated rings. The SMILES string of the molecule is Cc1ccc(C)c(SC(C)c2ccc(N)cc2)c1. The number of nitrogens with two attached hydrogens (primary N) is 1. The summed E-state index contributed by atoms with van der Waals surface area (Å²) < 4.78 is 0. The molecule has 18 heavy (non-hydrogen) atoms. The summed E-state index contributed by atoms with van der Waals surface area (Å²) in [5, 5.41) is 0.436. The zero-order valence-electron chi connectivity index (χ0n) is 11.1. The van der Waals surface area contributed by atoms with Gasteiger partial charge < -0.3 is 5.73 Å². The van der Waals surface area contributed by atoms with Gasteiger partial charge in [0.2, 0.25) is 0 Å². The highest BCUT2D eigenvalue weighted by atomic mass is 32.2. The summed E-state index contributed by atoms with van der Waals surface area (Å²) in [4.78, 5) is 1.36. The average molecular weight is 257 g/mol. The van der Waals surface area contributed by atoms with E-state index < -0.39 is 0 Å². The highest BCUT2D eigenvalue weighted by Crippen LogP contribution is 2.36. The molecular weight excluding hydrogens is 238 g/mol. The van der Waals surface area contributed by atoms with Crippen LogP contribution in [0.3, 0.4) is 0 Å². The molecule has 0 bridgehead atoms. The summed E-state index contributed by atoms with van der Waals surface area (Å²) in [7, 11) is 0. The van der Waals surface area contributed by atoms with E-state index in [0.717, 1.165) is 5.69 Å². The molecule has 2 aromatic carbocycles. The number of anilines is 1. The van der Waals surface area contributed by atoms with Crippen molar-refractivity contribution in [1.29, 1.82) is 0 Å². The van der Waals surface area contributed by atoms with Gasteiger partial charge in [0.15, 0.2) is 0 Å². The Balaban J connectivity index is 2.18. The Morgan fingerprint density at radius 1 is 1.00 bits per heavy atom. The van der Waals surface area contributed by atoms with Crippen molar-refractivity contribution < 1.29 is 0 Å². The van der Waals surface area contributed by atoms with Gasteiger partial charge in [-0.1, -0.05) is 29.8 Å². The number of aryl methyl sites for hydroxylation is 2. The fraction of sp³-hybridized carbons (Fsp3) is 0.250. The molecule has 0 saturated heterocycles. The van der Waals surface area contributed by atoms with Gasteiger partial charge in [-0.3, -0.25) is 0 Å². The summed E-state index contributed by atoms with van der Waals surface area (Å²) >= 11 is 1.90. The van der Waals surface area contributed by atoms with E-state index in [-0.39, 0.29) is 0 Å². The maximum absolute atomic E-state index is 5.72. The molecule has 0 radical (unpaired) electrons. The standard InChI is InChI=1S/C16H19NS/c1-11-4-5-12(2)16(10-11)18-13(3)14-6-8-15(17)9-7-14/h4-10,13H,17H2,1-3H3. The summed E-state index contributed by atoms with van der Waals surface area (Å²) in [6, 6.07) is 14.8. The average Bonchev–Trinajstić information content (AvgIpc) is 2.34. The third-order valence-electron chi connectivity index (χ3n) is 3.05. The van der Waals surface area contributed by atoms with Gasteiger partial charge in [-0.15, -0.1) is 11.8 Å². The lowest BCUT2D eigenvalue weighted by Crippen LogP contribution is -1.91. The van der Waals surface area contributed by atoms with E-state index >= 15 is 0 Å². The minimum atomic E-state index is 0.436. The van der Waals surface area contributed by atoms with Gasteiger partial charge >= 0.3 is 0 Å². The van der Waals surface area contributed by atoms with E-state index in [2.05, 4.69) is 51.1 Å². The lowest BCUT2D eigenvalue weighted by molar-refractivity contribution is 1.09. The molecule has 0 amide bonds. The van der Waals surface area contributed by atoms with Gasteiger partial charge in [-0.2, -0.15) is 0 Å². The molecular formula is C16H19NS. The minimum Gasteiger partial charge on any atom is -0.399 e. The van der Waals surface area contributed by atoms with E-state index in [1.807, 2.05) is 23.9 Å².